The van der Waals surface area contributed by atoms with Crippen molar-refractivity contribution in [3.8, 4) is 89.3 Å². The predicted molar refractivity (Wildman–Crippen MR) is 600 cm³/mol. The van der Waals surface area contributed by atoms with Crippen LogP contribution in [0.25, 0.3) is 89.3 Å². The normalized spacial score (nSPS) is 10.8. The molecule has 0 spiro atoms. The molecule has 0 atom stereocenters. The third kappa shape index (κ3) is 25.1. The lowest BCUT2D eigenvalue weighted by atomic mass is 9.65. The first kappa shape index (κ1) is 97.6. The molecule has 0 aliphatic carbocycles. The summed E-state index contributed by atoms with van der Waals surface area (Å²) >= 11 is 0. The van der Waals surface area contributed by atoms with Crippen LogP contribution in [-0.4, -0.2) is 24.9 Å². The first-order valence-corrected chi connectivity index (χ1v) is 49.6. The Hall–Kier alpha value is -16.5. The summed E-state index contributed by atoms with van der Waals surface area (Å²) in [7, 11) is -0.471. The van der Waals surface area contributed by atoms with E-state index in [4.69, 9.17) is 4.98 Å². The van der Waals surface area contributed by atoms with Crippen LogP contribution < -0.4 is 20.8 Å². The zero-order valence-electron chi connectivity index (χ0n) is 82.6. The molecule has 0 bridgehead atoms. The zero-order valence-corrected chi connectivity index (χ0v) is 83.4. The molecule has 0 saturated heterocycles. The number of nitrogens with zero attached hydrogens (tertiary/aromatic N) is 6. The highest BCUT2D eigenvalue weighted by molar-refractivity contribution is 7.79. The van der Waals surface area contributed by atoms with Gasteiger partial charge in [0.2, 0.25) is 0 Å². The third-order valence-corrected chi connectivity index (χ3v) is 27.7. The van der Waals surface area contributed by atoms with E-state index in [0.717, 1.165) is 33.6 Å². The second-order valence-electron chi connectivity index (χ2n) is 36.2. The summed E-state index contributed by atoms with van der Waals surface area (Å²) < 4.78 is 0. The van der Waals surface area contributed by atoms with E-state index in [1.54, 1.807) is 0 Å². The molecule has 0 amide bonds. The molecule has 0 aliphatic rings. The summed E-state index contributed by atoms with van der Waals surface area (Å²) in [5, 5.41) is 4.22. The molecular weight excluding hydrogens is 1720 g/mol. The highest BCUT2D eigenvalue weighted by Crippen LogP contribution is 2.47. The van der Waals surface area contributed by atoms with Crippen LogP contribution in [0.1, 0.15) is 89.0 Å². The lowest BCUT2D eigenvalue weighted by molar-refractivity contribution is 0.744. The predicted octanol–water partition coefficient (Wildman–Crippen LogP) is 33.7. The molecule has 5 heterocycles. The first-order valence-electron chi connectivity index (χ1n) is 48.2. The van der Waals surface area contributed by atoms with E-state index in [1.165, 1.54) is 178 Å². The van der Waals surface area contributed by atoms with Crippen molar-refractivity contribution in [2.45, 2.75) is 88.5 Å². The summed E-state index contributed by atoms with van der Waals surface area (Å²) in [4.78, 5) is 24.0. The van der Waals surface area contributed by atoms with Crippen molar-refractivity contribution >= 4 is 40.9 Å². The van der Waals surface area contributed by atoms with Gasteiger partial charge in [-0.2, -0.15) is 0 Å². The standard InChI is InChI=1S/C27H24.2C24H20N2.C20H19N.C20H19P.C19H17N/c1-21-13-17-25(18-14-21)27(23-9-5-3-6-10-23,24-11-7-4-8-12-24)26-19-15-22(2)16-20-26;1-17-3-5-21(23(15-17)19-7-11-25-12-8-19)22-6-4-18(2)16-24(22)20-9-13-26-14-10-20;1-17-7-9-21(23(13-17)19-5-3-11-25-15-19)22-10-8-18(2)14-24(22)20-6-4-12-26-16-20;2*1-16-8-12-19(13-9-16)21(18-6-4-3-5-7-18)20-14-10-17(2)11-15-20;1-14-6-10-16(11-7-14)18-4-3-5-19(20-18)17-12-8-15(2)9-13-17/h3-20H,1-2H3;2*3-16H,1-2H3;2*3-15H,1-2H3;3-13H,1-2H3. The van der Waals surface area contributed by atoms with Gasteiger partial charge in [-0.3, -0.25) is 19.9 Å². The minimum atomic E-state index is -0.471. The fourth-order valence-corrected chi connectivity index (χ4v) is 19.9. The molecule has 0 N–H and O–H groups in total. The van der Waals surface area contributed by atoms with Gasteiger partial charge in [-0.1, -0.05) is 437 Å². The van der Waals surface area contributed by atoms with E-state index in [1.807, 2.05) is 67.8 Å². The average Bonchev–Trinajstić information content (AvgIpc) is 0.731. The zero-order chi connectivity index (χ0) is 97.8. The fourth-order valence-electron chi connectivity index (χ4n) is 17.6. The number of hydrogen-bond donors (Lipinski definition) is 0. The lowest BCUT2D eigenvalue weighted by Gasteiger charge is -2.37. The van der Waals surface area contributed by atoms with Crippen LogP contribution in [0.15, 0.2) is 505 Å². The summed E-state index contributed by atoms with van der Waals surface area (Å²) in [6.07, 6.45) is 14.9. The number of anilines is 3. The number of pyridine rings is 5. The Morgan fingerprint density at radius 2 is 0.440 bits per heavy atom. The van der Waals surface area contributed by atoms with Crippen molar-refractivity contribution in [2.24, 2.45) is 0 Å². The van der Waals surface area contributed by atoms with E-state index in [9.17, 15) is 0 Å². The van der Waals surface area contributed by atoms with E-state index in [-0.39, 0.29) is 5.41 Å². The Balaban J connectivity index is 0.000000122. The number of hydrogen-bond acceptors (Lipinski definition) is 6. The topological polar surface area (TPSA) is 67.7 Å². The van der Waals surface area contributed by atoms with Crippen molar-refractivity contribution in [2.75, 3.05) is 4.90 Å². The average molecular weight is 1840 g/mol. The SMILES string of the molecule is Cc1ccc(-c2ccc(C)cc2-c2cccnc2)c(-c2cccnc2)c1.Cc1ccc(-c2ccc(C)cc2-c2ccncc2)c(-c2ccncc2)c1.Cc1ccc(-c2cccc(-c3ccc(C)cc3)n2)cc1.Cc1ccc(C(c2ccccc2)(c2ccccc2)c2ccc(C)cc2)cc1.Cc1ccc(N(c2ccccc2)c2ccc(C)cc2)cc1.Cc1ccc(P(c2ccccc2)c2ccc(C)cc2)cc1. The molecule has 0 saturated carbocycles. The first-order chi connectivity index (χ1) is 68.8. The molecule has 21 aromatic rings. The smallest absolute Gasteiger partial charge is 0.0709 e. The lowest BCUT2D eigenvalue weighted by Crippen LogP contribution is -2.31. The van der Waals surface area contributed by atoms with Crippen LogP contribution in [0, 0.1) is 83.1 Å². The highest BCUT2D eigenvalue weighted by Gasteiger charge is 2.38. The van der Waals surface area contributed by atoms with Gasteiger partial charge in [-0.25, -0.2) is 4.98 Å². The second kappa shape index (κ2) is 47.5. The van der Waals surface area contributed by atoms with Crippen molar-refractivity contribution in [1.82, 2.24) is 24.9 Å². The molecule has 6 nitrogen and oxygen atoms in total. The molecule has 0 aliphatic heterocycles. The van der Waals surface area contributed by atoms with Crippen molar-refractivity contribution in [3.63, 3.8) is 0 Å². The van der Waals surface area contributed by atoms with Gasteiger partial charge in [0, 0.05) is 88.9 Å². The Bertz CT molecular complexity index is 6810. The summed E-state index contributed by atoms with van der Waals surface area (Å²) in [6.45, 7) is 25.5. The van der Waals surface area contributed by atoms with Crippen molar-refractivity contribution < 1.29 is 0 Å². The maximum Gasteiger partial charge on any atom is 0.0709 e. The van der Waals surface area contributed by atoms with Gasteiger partial charge >= 0.3 is 0 Å². The summed E-state index contributed by atoms with van der Waals surface area (Å²) in [5.74, 6) is 0. The molecule has 16 aromatic carbocycles. The van der Waals surface area contributed by atoms with Crippen LogP contribution in [0.2, 0.25) is 0 Å². The van der Waals surface area contributed by atoms with Crippen molar-refractivity contribution in [3.05, 3.63) is 594 Å². The number of aromatic nitrogens is 5. The largest absolute Gasteiger partial charge is 0.311 e. The molecule has 0 unspecified atom stereocenters. The Kier molecular flexibility index (Phi) is 32.9. The maximum absolute atomic E-state index is 4.77. The van der Waals surface area contributed by atoms with Crippen LogP contribution in [0.5, 0.6) is 0 Å². The molecule has 0 fully saturated rings. The van der Waals surface area contributed by atoms with Gasteiger partial charge < -0.3 is 4.90 Å². The van der Waals surface area contributed by atoms with Gasteiger partial charge in [0.05, 0.1) is 16.8 Å². The van der Waals surface area contributed by atoms with Gasteiger partial charge in [0.25, 0.3) is 0 Å². The second-order valence-corrected chi connectivity index (χ2v) is 38.4. The van der Waals surface area contributed by atoms with Gasteiger partial charge in [-0.15, -0.1) is 0 Å². The van der Waals surface area contributed by atoms with Gasteiger partial charge in [-0.05, 0) is 270 Å². The summed E-state index contributed by atoms with van der Waals surface area (Å²) in [6, 6.07) is 162. The van der Waals surface area contributed by atoms with Gasteiger partial charge in [0.1, 0.15) is 0 Å². The molecule has 690 valence electrons. The van der Waals surface area contributed by atoms with Crippen LogP contribution in [-0.2, 0) is 5.41 Å². The van der Waals surface area contributed by atoms with Gasteiger partial charge in [0.15, 0.2) is 0 Å². The van der Waals surface area contributed by atoms with E-state index >= 15 is 0 Å². The molecular formula is C134H119N6P. The Morgan fingerprint density at radius 3 is 0.759 bits per heavy atom. The molecule has 21 rings (SSSR count). The van der Waals surface area contributed by atoms with E-state index < -0.39 is 7.92 Å². The van der Waals surface area contributed by atoms with Crippen LogP contribution in [0.4, 0.5) is 17.1 Å². The van der Waals surface area contributed by atoms with Crippen LogP contribution in [0.3, 0.4) is 0 Å². The monoisotopic (exact) mass is 1840 g/mol. The molecule has 7 heteroatoms. The Labute approximate surface area is 836 Å². The number of para-hydroxylation sites is 1. The Morgan fingerprint density at radius 1 is 0.177 bits per heavy atom. The van der Waals surface area contributed by atoms with E-state index in [2.05, 4.69) is 545 Å². The molecule has 5 aromatic heterocycles. The number of benzene rings is 16. The molecule has 0 radical (unpaired) electrons. The molecule has 141 heavy (non-hydrogen) atoms. The number of rotatable bonds is 18. The quantitative estimate of drug-likeness (QED) is 0.0630. The van der Waals surface area contributed by atoms with E-state index in [0.29, 0.717) is 0 Å². The minimum absolute atomic E-state index is 0.343. The number of aryl methyl sites for hydroxylation is 12. The van der Waals surface area contributed by atoms with Crippen molar-refractivity contribution in [1.29, 1.82) is 0 Å². The maximum atomic E-state index is 4.77. The third-order valence-electron chi connectivity index (χ3n) is 25.2. The minimum Gasteiger partial charge on any atom is -0.311 e. The summed E-state index contributed by atoms with van der Waals surface area (Å²) in [5.41, 5.74) is 42.3. The highest BCUT2D eigenvalue weighted by atomic mass is 31.1. The van der Waals surface area contributed by atoms with Crippen LogP contribution >= 0.6 is 7.92 Å². The fraction of sp³-hybridized carbons (Fsp3) is 0.0970.